The molecule has 1 aromatic heterocycles. The largest absolute Gasteiger partial charge is 0.439 e. The molecule has 0 radical (unpaired) electrons. The number of rotatable bonds is 4. The number of fused-ring (bicyclic) bond motifs is 1. The molecule has 2 unspecified atom stereocenters. The van der Waals surface area contributed by atoms with Crippen LogP contribution < -0.4 is 5.73 Å². The molecule has 1 aliphatic carbocycles. The summed E-state index contributed by atoms with van der Waals surface area (Å²) < 4.78 is 5.81. The van der Waals surface area contributed by atoms with Crippen molar-refractivity contribution in [3.8, 4) is 0 Å². The van der Waals surface area contributed by atoms with E-state index in [1.54, 1.807) is 0 Å². The number of oxazole rings is 1. The Bertz CT molecular complexity index is 533. The molecule has 1 heterocycles. The zero-order valence-corrected chi connectivity index (χ0v) is 12.1. The zero-order chi connectivity index (χ0) is 13.9. The molecule has 108 valence electrons. The van der Waals surface area contributed by atoms with Crippen LogP contribution in [0, 0.1) is 5.92 Å². The molecule has 0 amide bonds. The van der Waals surface area contributed by atoms with Gasteiger partial charge in [-0.1, -0.05) is 25.0 Å². The van der Waals surface area contributed by atoms with E-state index in [-0.39, 0.29) is 0 Å². The van der Waals surface area contributed by atoms with Crippen LogP contribution in [0.4, 0.5) is 0 Å². The monoisotopic (exact) mass is 273 g/mol. The molecule has 1 aromatic carbocycles. The van der Waals surface area contributed by atoms with Crippen LogP contribution in [0.15, 0.2) is 28.7 Å². The standard InChI is InChI=1S/C16H23N3O/c1-19(14-8-4-2-6-12(14)10-17)11-16-18-13-7-3-5-9-15(13)20-16/h3,5,7,9,12,14H,2,4,6,8,10-11,17H2,1H3. The van der Waals surface area contributed by atoms with Crippen molar-refractivity contribution in [2.75, 3.05) is 13.6 Å². The van der Waals surface area contributed by atoms with Crippen LogP contribution in [-0.4, -0.2) is 29.5 Å². The van der Waals surface area contributed by atoms with Crippen molar-refractivity contribution in [2.45, 2.75) is 38.3 Å². The molecular formula is C16H23N3O. The molecule has 0 saturated heterocycles. The van der Waals surface area contributed by atoms with E-state index < -0.39 is 0 Å². The first kappa shape index (κ1) is 13.6. The summed E-state index contributed by atoms with van der Waals surface area (Å²) in [6, 6.07) is 8.49. The molecule has 2 aromatic rings. The molecule has 3 rings (SSSR count). The molecule has 1 saturated carbocycles. The van der Waals surface area contributed by atoms with E-state index in [4.69, 9.17) is 10.2 Å². The number of para-hydroxylation sites is 2. The SMILES string of the molecule is CN(Cc1nc2ccccc2o1)C1CCCCC1CN. The van der Waals surface area contributed by atoms with Crippen molar-refractivity contribution in [3.05, 3.63) is 30.2 Å². The first-order valence-corrected chi connectivity index (χ1v) is 7.52. The number of benzene rings is 1. The van der Waals surface area contributed by atoms with E-state index in [2.05, 4.69) is 16.9 Å². The third kappa shape index (κ3) is 2.72. The smallest absolute Gasteiger partial charge is 0.209 e. The molecule has 2 atom stereocenters. The molecule has 2 N–H and O–H groups in total. The maximum absolute atomic E-state index is 5.92. The molecule has 1 aliphatic rings. The Kier molecular flexibility index (Phi) is 4.03. The van der Waals surface area contributed by atoms with Gasteiger partial charge in [0.15, 0.2) is 5.58 Å². The van der Waals surface area contributed by atoms with Gasteiger partial charge in [-0.3, -0.25) is 4.90 Å². The molecular weight excluding hydrogens is 250 g/mol. The minimum Gasteiger partial charge on any atom is -0.439 e. The lowest BCUT2D eigenvalue weighted by molar-refractivity contribution is 0.119. The second kappa shape index (κ2) is 5.94. The minimum atomic E-state index is 0.559. The van der Waals surface area contributed by atoms with Crippen LogP contribution in [0.1, 0.15) is 31.6 Å². The van der Waals surface area contributed by atoms with Crippen molar-refractivity contribution < 1.29 is 4.42 Å². The summed E-state index contributed by atoms with van der Waals surface area (Å²) >= 11 is 0. The number of aromatic nitrogens is 1. The Labute approximate surface area is 120 Å². The highest BCUT2D eigenvalue weighted by molar-refractivity contribution is 5.72. The van der Waals surface area contributed by atoms with Gasteiger partial charge in [-0.2, -0.15) is 0 Å². The Morgan fingerprint density at radius 2 is 2.10 bits per heavy atom. The van der Waals surface area contributed by atoms with Crippen LogP contribution in [-0.2, 0) is 6.54 Å². The minimum absolute atomic E-state index is 0.559. The molecule has 0 bridgehead atoms. The number of nitrogens with zero attached hydrogens (tertiary/aromatic N) is 2. The van der Waals surface area contributed by atoms with Gasteiger partial charge in [0.05, 0.1) is 6.54 Å². The highest BCUT2D eigenvalue weighted by Crippen LogP contribution is 2.28. The lowest BCUT2D eigenvalue weighted by Gasteiger charge is -2.36. The van der Waals surface area contributed by atoms with Crippen LogP contribution in [0.3, 0.4) is 0 Å². The normalized spacial score (nSPS) is 23.6. The van der Waals surface area contributed by atoms with Crippen molar-refractivity contribution in [3.63, 3.8) is 0 Å². The molecule has 4 heteroatoms. The van der Waals surface area contributed by atoms with Gasteiger partial charge in [-0.25, -0.2) is 4.98 Å². The Balaban J connectivity index is 1.72. The summed E-state index contributed by atoms with van der Waals surface area (Å²) in [5, 5.41) is 0. The quantitative estimate of drug-likeness (QED) is 0.930. The number of hydrogen-bond donors (Lipinski definition) is 1. The van der Waals surface area contributed by atoms with Gasteiger partial charge in [0.25, 0.3) is 0 Å². The summed E-state index contributed by atoms with van der Waals surface area (Å²) in [6.45, 7) is 1.54. The first-order valence-electron chi connectivity index (χ1n) is 7.52. The number of hydrogen-bond acceptors (Lipinski definition) is 4. The maximum Gasteiger partial charge on any atom is 0.209 e. The van der Waals surface area contributed by atoms with Crippen molar-refractivity contribution in [1.29, 1.82) is 0 Å². The Morgan fingerprint density at radius 3 is 2.90 bits per heavy atom. The summed E-state index contributed by atoms with van der Waals surface area (Å²) in [5.74, 6) is 1.41. The van der Waals surface area contributed by atoms with E-state index in [9.17, 15) is 0 Å². The summed E-state index contributed by atoms with van der Waals surface area (Å²) in [4.78, 5) is 6.92. The second-order valence-electron chi connectivity index (χ2n) is 5.84. The van der Waals surface area contributed by atoms with Crippen molar-refractivity contribution in [2.24, 2.45) is 11.7 Å². The van der Waals surface area contributed by atoms with Crippen LogP contribution in [0.25, 0.3) is 11.1 Å². The number of nitrogens with two attached hydrogens (primary N) is 1. The Hall–Kier alpha value is -1.39. The van der Waals surface area contributed by atoms with E-state index in [0.29, 0.717) is 12.0 Å². The van der Waals surface area contributed by atoms with E-state index in [1.165, 1.54) is 25.7 Å². The van der Waals surface area contributed by atoms with Gasteiger partial charge in [0.2, 0.25) is 5.89 Å². The van der Waals surface area contributed by atoms with Crippen LogP contribution in [0.5, 0.6) is 0 Å². The van der Waals surface area contributed by atoms with Gasteiger partial charge in [-0.05, 0) is 44.5 Å². The summed E-state index contributed by atoms with van der Waals surface area (Å²) in [6.07, 6.45) is 5.10. The molecule has 20 heavy (non-hydrogen) atoms. The van der Waals surface area contributed by atoms with Gasteiger partial charge in [0, 0.05) is 6.04 Å². The average molecular weight is 273 g/mol. The third-order valence-electron chi connectivity index (χ3n) is 4.46. The van der Waals surface area contributed by atoms with E-state index in [0.717, 1.165) is 30.1 Å². The lowest BCUT2D eigenvalue weighted by Crippen LogP contribution is -2.42. The molecule has 0 aliphatic heterocycles. The van der Waals surface area contributed by atoms with E-state index >= 15 is 0 Å². The fraction of sp³-hybridized carbons (Fsp3) is 0.562. The van der Waals surface area contributed by atoms with Gasteiger partial charge >= 0.3 is 0 Å². The van der Waals surface area contributed by atoms with Crippen LogP contribution in [0.2, 0.25) is 0 Å². The maximum atomic E-state index is 5.92. The lowest BCUT2D eigenvalue weighted by atomic mass is 9.84. The van der Waals surface area contributed by atoms with Crippen molar-refractivity contribution >= 4 is 11.1 Å². The highest BCUT2D eigenvalue weighted by Gasteiger charge is 2.27. The predicted octanol–water partition coefficient (Wildman–Crippen LogP) is 2.78. The van der Waals surface area contributed by atoms with Crippen LogP contribution >= 0.6 is 0 Å². The predicted molar refractivity (Wildman–Crippen MR) is 80.3 cm³/mol. The van der Waals surface area contributed by atoms with Crippen molar-refractivity contribution in [1.82, 2.24) is 9.88 Å². The van der Waals surface area contributed by atoms with Gasteiger partial charge in [0.1, 0.15) is 5.52 Å². The third-order valence-corrected chi connectivity index (χ3v) is 4.46. The molecule has 1 fully saturated rings. The van der Waals surface area contributed by atoms with Gasteiger partial charge in [-0.15, -0.1) is 0 Å². The van der Waals surface area contributed by atoms with Gasteiger partial charge < -0.3 is 10.2 Å². The molecule has 4 nitrogen and oxygen atoms in total. The fourth-order valence-electron chi connectivity index (χ4n) is 3.36. The zero-order valence-electron chi connectivity index (χ0n) is 12.1. The fourth-order valence-corrected chi connectivity index (χ4v) is 3.36. The average Bonchev–Trinajstić information content (AvgIpc) is 2.89. The topological polar surface area (TPSA) is 55.3 Å². The summed E-state index contributed by atoms with van der Waals surface area (Å²) in [5.41, 5.74) is 7.73. The first-order chi connectivity index (χ1) is 9.78. The molecule has 0 spiro atoms. The summed E-state index contributed by atoms with van der Waals surface area (Å²) in [7, 11) is 2.16. The second-order valence-corrected chi connectivity index (χ2v) is 5.84. The van der Waals surface area contributed by atoms with E-state index in [1.807, 2.05) is 24.3 Å². The highest BCUT2D eigenvalue weighted by atomic mass is 16.3. The Morgan fingerprint density at radius 1 is 1.30 bits per heavy atom.